The minimum absolute atomic E-state index is 0.00732. The highest BCUT2D eigenvalue weighted by Crippen LogP contribution is 2.28. The van der Waals surface area contributed by atoms with Gasteiger partial charge in [0.1, 0.15) is 5.75 Å². The molecule has 1 aromatic rings. The Hall–Kier alpha value is -1.51. The average Bonchev–Trinajstić information content (AvgIpc) is 2.36. The van der Waals surface area contributed by atoms with Crippen molar-refractivity contribution in [3.8, 4) is 5.75 Å². The lowest BCUT2D eigenvalue weighted by Gasteiger charge is -2.33. The first-order valence-electron chi connectivity index (χ1n) is 7.12. The Kier molecular flexibility index (Phi) is 4.46. The first kappa shape index (κ1) is 13.9. The summed E-state index contributed by atoms with van der Waals surface area (Å²) in [6, 6.07) is 7.30. The van der Waals surface area contributed by atoms with Gasteiger partial charge in [-0.25, -0.2) is 0 Å². The zero-order chi connectivity index (χ0) is 13.8. The van der Waals surface area contributed by atoms with E-state index in [-0.39, 0.29) is 24.1 Å². The Morgan fingerprint density at radius 2 is 2.05 bits per heavy atom. The van der Waals surface area contributed by atoms with Gasteiger partial charge in [-0.05, 0) is 37.2 Å². The maximum atomic E-state index is 12.0. The van der Waals surface area contributed by atoms with E-state index >= 15 is 0 Å². The van der Waals surface area contributed by atoms with Crippen LogP contribution in [0, 0.1) is 11.8 Å². The topological polar surface area (TPSA) is 49.3 Å². The standard InChI is InChI=1S/C16H23NO2/c1-11-7-8-14(12(2)9-11)17-16(19)10-13-5-3-4-6-15(13)18/h3-6,11-12,14,18H,7-10H2,1-2H3,(H,17,19). The molecule has 3 nitrogen and oxygen atoms in total. The molecule has 1 amide bonds. The van der Waals surface area contributed by atoms with Gasteiger partial charge in [0.15, 0.2) is 0 Å². The highest BCUT2D eigenvalue weighted by Gasteiger charge is 2.26. The van der Waals surface area contributed by atoms with E-state index in [1.165, 1.54) is 12.8 Å². The summed E-state index contributed by atoms with van der Waals surface area (Å²) in [5.41, 5.74) is 0.692. The Balaban J connectivity index is 1.90. The van der Waals surface area contributed by atoms with Gasteiger partial charge in [-0.3, -0.25) is 4.79 Å². The Bertz CT molecular complexity index is 444. The van der Waals surface area contributed by atoms with Gasteiger partial charge >= 0.3 is 0 Å². The van der Waals surface area contributed by atoms with Crippen LogP contribution in [0.5, 0.6) is 5.75 Å². The van der Waals surface area contributed by atoms with Crippen molar-refractivity contribution in [1.82, 2.24) is 5.32 Å². The molecule has 1 saturated carbocycles. The number of aromatic hydroxyl groups is 1. The van der Waals surface area contributed by atoms with Gasteiger partial charge in [0.25, 0.3) is 0 Å². The molecule has 3 unspecified atom stereocenters. The fraction of sp³-hybridized carbons (Fsp3) is 0.562. The largest absolute Gasteiger partial charge is 0.508 e. The Morgan fingerprint density at radius 3 is 2.74 bits per heavy atom. The van der Waals surface area contributed by atoms with Crippen molar-refractivity contribution in [3.63, 3.8) is 0 Å². The Labute approximate surface area is 115 Å². The van der Waals surface area contributed by atoms with Crippen LogP contribution in [0.2, 0.25) is 0 Å². The molecule has 0 saturated heterocycles. The molecule has 1 aliphatic rings. The lowest BCUT2D eigenvalue weighted by atomic mass is 9.80. The number of hydrogen-bond acceptors (Lipinski definition) is 2. The molecule has 2 rings (SSSR count). The fourth-order valence-electron chi connectivity index (χ4n) is 2.97. The summed E-state index contributed by atoms with van der Waals surface area (Å²) in [6.45, 7) is 4.48. The minimum Gasteiger partial charge on any atom is -0.508 e. The molecule has 3 atom stereocenters. The molecular formula is C16H23NO2. The molecule has 1 aliphatic carbocycles. The fourth-order valence-corrected chi connectivity index (χ4v) is 2.97. The van der Waals surface area contributed by atoms with Crippen LogP contribution in [0.15, 0.2) is 24.3 Å². The second-order valence-electron chi connectivity index (χ2n) is 5.88. The van der Waals surface area contributed by atoms with Crippen LogP contribution in [-0.2, 0) is 11.2 Å². The Morgan fingerprint density at radius 1 is 1.32 bits per heavy atom. The van der Waals surface area contributed by atoms with E-state index in [1.54, 1.807) is 18.2 Å². The average molecular weight is 261 g/mol. The van der Waals surface area contributed by atoms with Crippen molar-refractivity contribution >= 4 is 5.91 Å². The van der Waals surface area contributed by atoms with Crippen LogP contribution in [0.1, 0.15) is 38.7 Å². The molecule has 1 aromatic carbocycles. The zero-order valence-corrected chi connectivity index (χ0v) is 11.7. The van der Waals surface area contributed by atoms with Crippen LogP contribution in [0.4, 0.5) is 0 Å². The van der Waals surface area contributed by atoms with Gasteiger partial charge in [-0.15, -0.1) is 0 Å². The number of carbonyl (C=O) groups is 1. The van der Waals surface area contributed by atoms with Gasteiger partial charge in [0.05, 0.1) is 6.42 Å². The van der Waals surface area contributed by atoms with E-state index < -0.39 is 0 Å². The predicted octanol–water partition coefficient (Wildman–Crippen LogP) is 2.88. The van der Waals surface area contributed by atoms with Gasteiger partial charge in [-0.2, -0.15) is 0 Å². The van der Waals surface area contributed by atoms with Crippen LogP contribution >= 0.6 is 0 Å². The zero-order valence-electron chi connectivity index (χ0n) is 11.7. The summed E-state index contributed by atoms with van der Waals surface area (Å²) in [4.78, 5) is 12.0. The van der Waals surface area contributed by atoms with Crippen molar-refractivity contribution in [2.45, 2.75) is 45.6 Å². The number of carbonyl (C=O) groups excluding carboxylic acids is 1. The molecule has 0 radical (unpaired) electrons. The van der Waals surface area contributed by atoms with Crippen molar-refractivity contribution in [2.75, 3.05) is 0 Å². The van der Waals surface area contributed by atoms with E-state index in [9.17, 15) is 9.90 Å². The third-order valence-corrected chi connectivity index (χ3v) is 4.12. The van der Waals surface area contributed by atoms with Crippen molar-refractivity contribution in [1.29, 1.82) is 0 Å². The van der Waals surface area contributed by atoms with Crippen LogP contribution in [0.25, 0.3) is 0 Å². The molecular weight excluding hydrogens is 238 g/mol. The summed E-state index contributed by atoms with van der Waals surface area (Å²) in [5.74, 6) is 1.51. The van der Waals surface area contributed by atoms with Gasteiger partial charge in [0.2, 0.25) is 5.91 Å². The number of nitrogens with one attached hydrogen (secondary N) is 1. The number of rotatable bonds is 3. The molecule has 3 heteroatoms. The predicted molar refractivity (Wildman–Crippen MR) is 75.9 cm³/mol. The third kappa shape index (κ3) is 3.72. The van der Waals surface area contributed by atoms with Gasteiger partial charge in [0, 0.05) is 11.6 Å². The first-order valence-corrected chi connectivity index (χ1v) is 7.12. The second kappa shape index (κ2) is 6.09. The number of para-hydroxylation sites is 1. The van der Waals surface area contributed by atoms with E-state index in [1.807, 2.05) is 6.07 Å². The van der Waals surface area contributed by atoms with E-state index in [4.69, 9.17) is 0 Å². The lowest BCUT2D eigenvalue weighted by molar-refractivity contribution is -0.121. The quantitative estimate of drug-likeness (QED) is 0.879. The SMILES string of the molecule is CC1CCC(NC(=O)Cc2ccccc2O)C(C)C1. The first-order chi connectivity index (χ1) is 9.06. The number of hydrogen-bond donors (Lipinski definition) is 2. The molecule has 104 valence electrons. The maximum absolute atomic E-state index is 12.0. The maximum Gasteiger partial charge on any atom is 0.224 e. The normalized spacial score (nSPS) is 26.9. The molecule has 2 N–H and O–H groups in total. The van der Waals surface area contributed by atoms with E-state index in [0.29, 0.717) is 11.5 Å². The van der Waals surface area contributed by atoms with Crippen LogP contribution in [0.3, 0.4) is 0 Å². The number of phenols is 1. The molecule has 0 heterocycles. The van der Waals surface area contributed by atoms with Crippen molar-refractivity contribution in [2.24, 2.45) is 11.8 Å². The van der Waals surface area contributed by atoms with E-state index in [2.05, 4.69) is 19.2 Å². The molecule has 0 aromatic heterocycles. The highest BCUT2D eigenvalue weighted by atomic mass is 16.3. The summed E-state index contributed by atoms with van der Waals surface area (Å²) in [7, 11) is 0. The molecule has 19 heavy (non-hydrogen) atoms. The van der Waals surface area contributed by atoms with Crippen molar-refractivity contribution in [3.05, 3.63) is 29.8 Å². The molecule has 0 aliphatic heterocycles. The highest BCUT2D eigenvalue weighted by molar-refractivity contribution is 5.79. The van der Waals surface area contributed by atoms with Crippen LogP contribution in [-0.4, -0.2) is 17.1 Å². The lowest BCUT2D eigenvalue weighted by Crippen LogP contribution is -2.43. The number of phenolic OH excluding ortho intramolecular Hbond substituents is 1. The molecule has 0 spiro atoms. The molecule has 0 bridgehead atoms. The second-order valence-corrected chi connectivity index (χ2v) is 5.88. The van der Waals surface area contributed by atoms with Gasteiger partial charge < -0.3 is 10.4 Å². The summed E-state index contributed by atoms with van der Waals surface area (Å²) in [5, 5.41) is 12.8. The summed E-state index contributed by atoms with van der Waals surface area (Å²) in [6.07, 6.45) is 3.69. The van der Waals surface area contributed by atoms with E-state index in [0.717, 1.165) is 12.3 Å². The monoisotopic (exact) mass is 261 g/mol. The van der Waals surface area contributed by atoms with Crippen molar-refractivity contribution < 1.29 is 9.90 Å². The van der Waals surface area contributed by atoms with Crippen LogP contribution < -0.4 is 5.32 Å². The number of benzene rings is 1. The number of amides is 1. The minimum atomic E-state index is 0.00732. The molecule has 1 fully saturated rings. The smallest absolute Gasteiger partial charge is 0.224 e. The summed E-state index contributed by atoms with van der Waals surface area (Å²) < 4.78 is 0. The summed E-state index contributed by atoms with van der Waals surface area (Å²) >= 11 is 0. The third-order valence-electron chi connectivity index (χ3n) is 4.12. The van der Waals surface area contributed by atoms with Gasteiger partial charge in [-0.1, -0.05) is 32.0 Å².